The van der Waals surface area contributed by atoms with Crippen LogP contribution in [0.1, 0.15) is 17.2 Å². The van der Waals surface area contributed by atoms with Crippen LogP contribution in [0.4, 0.5) is 0 Å². The van der Waals surface area contributed by atoms with Crippen LogP contribution in [-0.2, 0) is 6.42 Å². The maximum Gasteiger partial charge on any atom is 0.122 e. The van der Waals surface area contributed by atoms with Crippen molar-refractivity contribution >= 4 is 15.9 Å². The van der Waals surface area contributed by atoms with Crippen LogP contribution in [-0.4, -0.2) is 19.3 Å². The van der Waals surface area contributed by atoms with Crippen molar-refractivity contribution in [3.63, 3.8) is 0 Å². The maximum atomic E-state index is 10.4. The SMILES string of the molecule is COc1cccc(C(O)Cc2cc(Br)ccc2OC)c1. The van der Waals surface area contributed by atoms with Crippen LogP contribution in [0.2, 0.25) is 0 Å². The lowest BCUT2D eigenvalue weighted by Gasteiger charge is -2.15. The largest absolute Gasteiger partial charge is 0.497 e. The second-order valence-electron chi connectivity index (χ2n) is 4.45. The van der Waals surface area contributed by atoms with E-state index in [1.54, 1.807) is 14.2 Å². The lowest BCUT2D eigenvalue weighted by atomic mass is 10.0. The van der Waals surface area contributed by atoms with E-state index in [9.17, 15) is 5.11 Å². The molecule has 1 N–H and O–H groups in total. The minimum Gasteiger partial charge on any atom is -0.497 e. The van der Waals surface area contributed by atoms with Gasteiger partial charge in [-0.3, -0.25) is 0 Å². The number of hydrogen-bond donors (Lipinski definition) is 1. The van der Waals surface area contributed by atoms with Crippen LogP contribution >= 0.6 is 15.9 Å². The molecule has 0 aliphatic carbocycles. The second kappa shape index (κ2) is 6.77. The molecule has 1 atom stereocenters. The summed E-state index contributed by atoms with van der Waals surface area (Å²) in [6.07, 6.45) is -0.122. The average molecular weight is 337 g/mol. The molecule has 0 amide bonds. The summed E-state index contributed by atoms with van der Waals surface area (Å²) in [5.74, 6) is 1.51. The standard InChI is InChI=1S/C16H17BrO3/c1-19-14-5-3-4-11(9-14)15(18)10-12-8-13(17)6-7-16(12)20-2/h3-9,15,18H,10H2,1-2H3. The van der Waals surface area contributed by atoms with Crippen LogP contribution in [0.15, 0.2) is 46.9 Å². The van der Waals surface area contributed by atoms with Crippen molar-refractivity contribution in [2.75, 3.05) is 14.2 Å². The molecule has 1 unspecified atom stereocenters. The molecule has 0 radical (unpaired) electrons. The summed E-state index contributed by atoms with van der Waals surface area (Å²) in [6.45, 7) is 0. The molecule has 0 spiro atoms. The van der Waals surface area contributed by atoms with Crippen molar-refractivity contribution in [3.05, 3.63) is 58.1 Å². The number of halogens is 1. The Labute approximate surface area is 127 Å². The van der Waals surface area contributed by atoms with Crippen LogP contribution in [0.25, 0.3) is 0 Å². The molecule has 3 nitrogen and oxygen atoms in total. The van der Waals surface area contributed by atoms with E-state index in [2.05, 4.69) is 15.9 Å². The normalized spacial score (nSPS) is 12.0. The molecule has 0 aliphatic rings. The molecule has 2 aromatic rings. The van der Waals surface area contributed by atoms with Crippen LogP contribution in [0, 0.1) is 0 Å². The molecule has 0 heterocycles. The van der Waals surface area contributed by atoms with Gasteiger partial charge in [-0.15, -0.1) is 0 Å². The third-order valence-electron chi connectivity index (χ3n) is 3.13. The van der Waals surface area contributed by atoms with Gasteiger partial charge in [0.2, 0.25) is 0 Å². The minimum atomic E-state index is -0.603. The number of methoxy groups -OCH3 is 2. The van der Waals surface area contributed by atoms with Gasteiger partial charge in [-0.1, -0.05) is 28.1 Å². The summed E-state index contributed by atoms with van der Waals surface area (Å²) >= 11 is 3.44. The summed E-state index contributed by atoms with van der Waals surface area (Å²) in [6, 6.07) is 13.2. The fraction of sp³-hybridized carbons (Fsp3) is 0.250. The number of ether oxygens (including phenoxy) is 2. The zero-order valence-corrected chi connectivity index (χ0v) is 13.1. The first-order chi connectivity index (χ1) is 9.63. The quantitative estimate of drug-likeness (QED) is 0.903. The first kappa shape index (κ1) is 14.9. The molecule has 0 fully saturated rings. The Morgan fingerprint density at radius 3 is 2.60 bits per heavy atom. The molecule has 0 saturated carbocycles. The highest BCUT2D eigenvalue weighted by atomic mass is 79.9. The highest BCUT2D eigenvalue weighted by molar-refractivity contribution is 9.10. The van der Waals surface area contributed by atoms with Crippen molar-refractivity contribution < 1.29 is 14.6 Å². The van der Waals surface area contributed by atoms with Gasteiger partial charge in [-0.05, 0) is 41.5 Å². The highest BCUT2D eigenvalue weighted by Crippen LogP contribution is 2.29. The Morgan fingerprint density at radius 2 is 1.90 bits per heavy atom. The number of aliphatic hydroxyl groups is 1. The van der Waals surface area contributed by atoms with E-state index in [0.717, 1.165) is 27.1 Å². The highest BCUT2D eigenvalue weighted by Gasteiger charge is 2.13. The van der Waals surface area contributed by atoms with Gasteiger partial charge in [-0.25, -0.2) is 0 Å². The van der Waals surface area contributed by atoms with Gasteiger partial charge in [-0.2, -0.15) is 0 Å². The predicted octanol–water partition coefficient (Wildman–Crippen LogP) is 3.74. The Balaban J connectivity index is 2.22. The molecular formula is C16H17BrO3. The summed E-state index contributed by atoms with van der Waals surface area (Å²) in [7, 11) is 3.24. The average Bonchev–Trinajstić information content (AvgIpc) is 2.47. The number of rotatable bonds is 5. The molecule has 0 bridgehead atoms. The van der Waals surface area contributed by atoms with Crippen molar-refractivity contribution in [1.82, 2.24) is 0 Å². The maximum absolute atomic E-state index is 10.4. The van der Waals surface area contributed by atoms with Crippen molar-refractivity contribution in [2.24, 2.45) is 0 Å². The van der Waals surface area contributed by atoms with Gasteiger partial charge in [0.05, 0.1) is 20.3 Å². The van der Waals surface area contributed by atoms with Gasteiger partial charge in [0.1, 0.15) is 11.5 Å². The van der Waals surface area contributed by atoms with E-state index in [1.165, 1.54) is 0 Å². The topological polar surface area (TPSA) is 38.7 Å². The summed E-state index contributed by atoms with van der Waals surface area (Å²) in [4.78, 5) is 0. The van der Waals surface area contributed by atoms with Gasteiger partial charge in [0, 0.05) is 10.9 Å². The van der Waals surface area contributed by atoms with Crippen molar-refractivity contribution in [3.8, 4) is 11.5 Å². The zero-order chi connectivity index (χ0) is 14.5. The molecular weight excluding hydrogens is 320 g/mol. The first-order valence-corrected chi connectivity index (χ1v) is 7.07. The number of benzene rings is 2. The number of hydrogen-bond acceptors (Lipinski definition) is 3. The Hall–Kier alpha value is -1.52. The van der Waals surface area contributed by atoms with Crippen LogP contribution in [0.3, 0.4) is 0 Å². The molecule has 20 heavy (non-hydrogen) atoms. The van der Waals surface area contributed by atoms with E-state index >= 15 is 0 Å². The molecule has 0 aromatic heterocycles. The van der Waals surface area contributed by atoms with E-state index in [0.29, 0.717) is 6.42 Å². The second-order valence-corrected chi connectivity index (χ2v) is 5.37. The van der Waals surface area contributed by atoms with E-state index in [-0.39, 0.29) is 0 Å². The molecule has 0 saturated heterocycles. The van der Waals surface area contributed by atoms with Crippen molar-refractivity contribution in [2.45, 2.75) is 12.5 Å². The fourth-order valence-corrected chi connectivity index (χ4v) is 2.49. The third kappa shape index (κ3) is 3.52. The summed E-state index contributed by atoms with van der Waals surface area (Å²) in [5.41, 5.74) is 1.78. The smallest absolute Gasteiger partial charge is 0.122 e. The molecule has 2 rings (SSSR count). The summed E-state index contributed by atoms with van der Waals surface area (Å²) in [5, 5.41) is 10.4. The summed E-state index contributed by atoms with van der Waals surface area (Å²) < 4.78 is 11.5. The van der Waals surface area contributed by atoms with Crippen LogP contribution in [0.5, 0.6) is 11.5 Å². The van der Waals surface area contributed by atoms with E-state index < -0.39 is 6.10 Å². The van der Waals surface area contributed by atoms with E-state index in [4.69, 9.17) is 9.47 Å². The monoisotopic (exact) mass is 336 g/mol. The van der Waals surface area contributed by atoms with Gasteiger partial charge in [0.25, 0.3) is 0 Å². The lowest BCUT2D eigenvalue weighted by Crippen LogP contribution is -2.03. The van der Waals surface area contributed by atoms with Crippen LogP contribution < -0.4 is 9.47 Å². The molecule has 4 heteroatoms. The van der Waals surface area contributed by atoms with Gasteiger partial charge < -0.3 is 14.6 Å². The molecule has 2 aromatic carbocycles. The van der Waals surface area contributed by atoms with E-state index in [1.807, 2.05) is 42.5 Å². The molecule has 0 aliphatic heterocycles. The third-order valence-corrected chi connectivity index (χ3v) is 3.63. The van der Waals surface area contributed by atoms with Gasteiger partial charge >= 0.3 is 0 Å². The lowest BCUT2D eigenvalue weighted by molar-refractivity contribution is 0.177. The fourth-order valence-electron chi connectivity index (χ4n) is 2.08. The molecule has 106 valence electrons. The first-order valence-electron chi connectivity index (χ1n) is 6.28. The predicted molar refractivity (Wildman–Crippen MR) is 82.4 cm³/mol. The Kier molecular flexibility index (Phi) is 5.04. The zero-order valence-electron chi connectivity index (χ0n) is 11.5. The number of aliphatic hydroxyl groups excluding tert-OH is 1. The Morgan fingerprint density at radius 1 is 1.10 bits per heavy atom. The Bertz CT molecular complexity index is 584. The van der Waals surface area contributed by atoms with Gasteiger partial charge in [0.15, 0.2) is 0 Å². The minimum absolute atomic E-state index is 0.482. The van der Waals surface area contributed by atoms with Crippen molar-refractivity contribution in [1.29, 1.82) is 0 Å².